The Labute approximate surface area is 317 Å². The molecule has 286 valence electrons. The summed E-state index contributed by atoms with van der Waals surface area (Å²) < 4.78 is 67.6. The average Bonchev–Trinajstić information content (AvgIpc) is 3.63. The second-order valence-electron chi connectivity index (χ2n) is 13.5. The Balaban J connectivity index is 0.00000276. The van der Waals surface area contributed by atoms with Gasteiger partial charge in [-0.25, -0.2) is 12.6 Å². The summed E-state index contributed by atoms with van der Waals surface area (Å²) in [6.07, 6.45) is 7.61. The molecule has 13 nitrogen and oxygen atoms in total. The van der Waals surface area contributed by atoms with Crippen LogP contribution in [0, 0.1) is 5.41 Å². The summed E-state index contributed by atoms with van der Waals surface area (Å²) in [5, 5.41) is 13.8. The molecule has 0 fully saturated rings. The van der Waals surface area contributed by atoms with Gasteiger partial charge in [-0.1, -0.05) is 56.3 Å². The number of aromatic nitrogens is 1. The number of carbonyl (C=O) groups excluding carboxylic acids is 1. The second-order valence-corrected chi connectivity index (χ2v) is 15.9. The maximum atomic E-state index is 13.2. The fraction of sp³-hybridized carbons (Fsp3) is 0.282. The van der Waals surface area contributed by atoms with Gasteiger partial charge in [0.05, 0.1) is 23.8 Å². The summed E-state index contributed by atoms with van der Waals surface area (Å²) in [7, 11) is -4.60. The fourth-order valence-electron chi connectivity index (χ4n) is 6.27. The molecule has 0 amide bonds. The van der Waals surface area contributed by atoms with E-state index < -0.39 is 39.1 Å². The van der Waals surface area contributed by atoms with E-state index in [1.165, 1.54) is 11.5 Å². The van der Waals surface area contributed by atoms with Gasteiger partial charge in [-0.2, -0.15) is 9.76 Å². The Kier molecular flexibility index (Phi) is 12.9. The maximum absolute atomic E-state index is 13.2. The molecule has 3 aromatic carbocycles. The van der Waals surface area contributed by atoms with Gasteiger partial charge in [0, 0.05) is 24.4 Å². The molecule has 1 aliphatic heterocycles. The van der Waals surface area contributed by atoms with Gasteiger partial charge in [0.1, 0.15) is 5.88 Å². The molecule has 0 saturated heterocycles. The number of hydroxylamine groups is 1. The Morgan fingerprint density at radius 3 is 2.50 bits per heavy atom. The molecule has 54 heavy (non-hydrogen) atoms. The number of benzene rings is 3. The number of anilines is 2. The number of para-hydroxylation sites is 4. The van der Waals surface area contributed by atoms with Crippen LogP contribution in [0.3, 0.4) is 0 Å². The van der Waals surface area contributed by atoms with Crippen molar-refractivity contribution in [1.29, 1.82) is 0 Å². The van der Waals surface area contributed by atoms with Crippen LogP contribution in [0.1, 0.15) is 45.1 Å². The van der Waals surface area contributed by atoms with Crippen molar-refractivity contribution in [3.8, 4) is 5.75 Å². The van der Waals surface area contributed by atoms with E-state index in [4.69, 9.17) is 13.4 Å². The summed E-state index contributed by atoms with van der Waals surface area (Å²) in [4.78, 5) is 12.8. The van der Waals surface area contributed by atoms with Gasteiger partial charge in [-0.05, 0) is 78.6 Å². The molecule has 6 rings (SSSR count). The van der Waals surface area contributed by atoms with Gasteiger partial charge in [-0.3, -0.25) is 4.90 Å². The minimum Gasteiger partial charge on any atom is -0.743 e. The van der Waals surface area contributed by atoms with E-state index in [0.29, 0.717) is 54.2 Å². The number of carboxylic acid groups (broad SMARTS) is 1. The van der Waals surface area contributed by atoms with Crippen molar-refractivity contribution in [3.05, 3.63) is 127 Å². The van der Waals surface area contributed by atoms with Crippen LogP contribution in [0.5, 0.6) is 5.75 Å². The van der Waals surface area contributed by atoms with Gasteiger partial charge >= 0.3 is 5.89 Å². The third-order valence-electron chi connectivity index (χ3n) is 8.51. The standard InChI is InChI=1S/C37H40N4O9S2.C2H4/c1-25(36(42)43)39-29-14-12-26(13-15-29)16-17-38-50-51(44)23-40-30-8-4-6-10-32(30)48-34(40)19-27-18-28(22-37(2,3)21-27)20-35-41(24-52(45,46)47)31-9-5-7-11-33(31)49-35;1-2/h4-15,18-20,25,38-39H,16-17,21-24H2,1-3H3,(H-,42,43,45,46,47);1-2H2/p-1. The predicted octanol–water partition coefficient (Wildman–Crippen LogP) is 4.83. The van der Waals surface area contributed by atoms with Crippen LogP contribution in [0.25, 0.3) is 17.2 Å². The number of carbonyl (C=O) groups is 1. The molecular weight excluding hydrogens is 733 g/mol. The van der Waals surface area contributed by atoms with Crippen molar-refractivity contribution >= 4 is 55.7 Å². The lowest BCUT2D eigenvalue weighted by atomic mass is 9.75. The molecule has 0 bridgehead atoms. The van der Waals surface area contributed by atoms with E-state index in [1.807, 2.05) is 48.6 Å². The maximum Gasteiger partial charge on any atom is 0.375 e. The van der Waals surface area contributed by atoms with Crippen molar-refractivity contribution in [3.63, 3.8) is 0 Å². The number of hydrogen-bond acceptors (Lipinski definition) is 12. The highest BCUT2D eigenvalue weighted by Gasteiger charge is 2.32. The molecule has 4 aromatic rings. The molecule has 2 unspecified atom stereocenters. The first-order chi connectivity index (χ1) is 25.7. The number of ether oxygens (including phenoxy) is 1. The molecule has 15 heteroatoms. The predicted molar refractivity (Wildman–Crippen MR) is 204 cm³/mol. The first-order valence-electron chi connectivity index (χ1n) is 17.1. The molecule has 1 aromatic heterocycles. The minimum atomic E-state index is -4.60. The Hall–Kier alpha value is -5.06. The monoisotopic (exact) mass is 775 g/mol. The smallest absolute Gasteiger partial charge is 0.375 e. The number of carboxylic acids is 1. The lowest BCUT2D eigenvalue weighted by Crippen LogP contribution is -2.39. The van der Waals surface area contributed by atoms with E-state index in [0.717, 1.165) is 22.4 Å². The number of rotatable bonds is 14. The third kappa shape index (κ3) is 10.5. The van der Waals surface area contributed by atoms with Crippen LogP contribution in [0.4, 0.5) is 11.4 Å². The Morgan fingerprint density at radius 2 is 1.78 bits per heavy atom. The lowest BCUT2D eigenvalue weighted by molar-refractivity contribution is -0.658. The van der Waals surface area contributed by atoms with Crippen LogP contribution in [-0.2, 0) is 42.6 Å². The zero-order valence-corrected chi connectivity index (χ0v) is 31.9. The summed E-state index contributed by atoms with van der Waals surface area (Å²) in [6, 6.07) is 20.9. The molecule has 2 heterocycles. The summed E-state index contributed by atoms with van der Waals surface area (Å²) in [6.45, 7) is 12.1. The van der Waals surface area contributed by atoms with Gasteiger partial charge in [0.2, 0.25) is 17.3 Å². The molecule has 0 spiro atoms. The second kappa shape index (κ2) is 17.4. The highest BCUT2D eigenvalue weighted by atomic mass is 32.2. The van der Waals surface area contributed by atoms with Crippen molar-refractivity contribution in [2.75, 3.05) is 22.6 Å². The number of nitrogens with one attached hydrogen (secondary N) is 2. The number of aliphatic carboxylic acids is 1. The van der Waals surface area contributed by atoms with Gasteiger partial charge in [0.15, 0.2) is 26.9 Å². The number of nitrogens with zero attached hydrogens (tertiary/aromatic N) is 2. The SMILES string of the molecule is C=C.CC(Nc1ccc(CCNOS(=O)CN2C(=CC3=CC(=Cc4oc5ccccc5[n+]4CS(=O)(=O)[O-])CC(C)(C)C3)Oc3ccccc32)cc1)C(=O)[O-]. The van der Waals surface area contributed by atoms with Crippen LogP contribution in [-0.4, -0.2) is 41.6 Å². The van der Waals surface area contributed by atoms with E-state index in [9.17, 15) is 27.1 Å². The van der Waals surface area contributed by atoms with E-state index in [-0.39, 0.29) is 17.2 Å². The topological polar surface area (TPSA) is 177 Å². The number of oxazole rings is 1. The van der Waals surface area contributed by atoms with Gasteiger partial charge in [-0.15, -0.1) is 17.7 Å². The van der Waals surface area contributed by atoms with Crippen molar-refractivity contribution in [2.24, 2.45) is 5.41 Å². The summed E-state index contributed by atoms with van der Waals surface area (Å²) in [5.74, 6) is -0.635. The molecule has 1 aliphatic carbocycles. The van der Waals surface area contributed by atoms with E-state index in [1.54, 1.807) is 47.4 Å². The molecule has 2 atom stereocenters. The Morgan fingerprint density at radius 1 is 1.07 bits per heavy atom. The van der Waals surface area contributed by atoms with Gasteiger partial charge < -0.3 is 28.9 Å². The third-order valence-corrected chi connectivity index (χ3v) is 9.85. The van der Waals surface area contributed by atoms with Crippen molar-refractivity contribution in [1.82, 2.24) is 5.48 Å². The average molecular weight is 776 g/mol. The normalized spacial score (nSPS) is 17.6. The summed E-state index contributed by atoms with van der Waals surface area (Å²) >= 11 is -1.78. The number of allylic oxidation sites excluding steroid dienone is 4. The van der Waals surface area contributed by atoms with Crippen molar-refractivity contribution < 1.29 is 45.1 Å². The molecule has 0 saturated carbocycles. The van der Waals surface area contributed by atoms with Crippen LogP contribution < -0.4 is 30.1 Å². The highest BCUT2D eigenvalue weighted by Crippen LogP contribution is 2.43. The van der Waals surface area contributed by atoms with Gasteiger partial charge in [0.25, 0.3) is 5.52 Å². The lowest BCUT2D eigenvalue weighted by Gasteiger charge is -2.30. The minimum absolute atomic E-state index is 0.0190. The first kappa shape index (κ1) is 40.1. The fourth-order valence-corrected chi connectivity index (χ4v) is 7.59. The quantitative estimate of drug-likeness (QED) is 0.0588. The zero-order valence-electron chi connectivity index (χ0n) is 30.3. The Bertz CT molecular complexity index is 2210. The highest BCUT2D eigenvalue weighted by molar-refractivity contribution is 7.84. The van der Waals surface area contributed by atoms with Crippen LogP contribution in [0.15, 0.2) is 120 Å². The van der Waals surface area contributed by atoms with E-state index >= 15 is 0 Å². The number of hydrogen-bond donors (Lipinski definition) is 2. The van der Waals surface area contributed by atoms with E-state index in [2.05, 4.69) is 37.8 Å². The summed E-state index contributed by atoms with van der Waals surface area (Å²) in [5.41, 5.74) is 7.73. The molecule has 2 N–H and O–H groups in total. The molecular formula is C39H43N4O9S2-. The van der Waals surface area contributed by atoms with Crippen molar-refractivity contribution in [2.45, 2.75) is 52.0 Å². The molecule has 2 aliphatic rings. The molecule has 0 radical (unpaired) electrons. The van der Waals surface area contributed by atoms with Crippen LogP contribution >= 0.6 is 0 Å². The first-order valence-corrected chi connectivity index (χ1v) is 19.9. The van der Waals surface area contributed by atoms with Crippen LogP contribution in [0.2, 0.25) is 0 Å². The largest absolute Gasteiger partial charge is 0.743 e. The zero-order chi connectivity index (χ0) is 39.0. The number of fused-ring (bicyclic) bond motifs is 2.